The van der Waals surface area contributed by atoms with E-state index in [1.807, 2.05) is 0 Å². The number of carbonyl (C=O) groups is 2. The normalized spacial score (nSPS) is 11.7. The molecular formula is C16H17ClN2O5. The number of nitrogens with one attached hydrogen (secondary N) is 1. The zero-order chi connectivity index (χ0) is 17.7. The van der Waals surface area contributed by atoms with Gasteiger partial charge in [-0.05, 0) is 45.0 Å². The molecule has 7 nitrogen and oxygen atoms in total. The fraction of sp³-hybridized carbons (Fsp3) is 0.312. The Labute approximate surface area is 143 Å². The number of hydrogen-bond acceptors (Lipinski definition) is 6. The maximum atomic E-state index is 12.2. The first-order chi connectivity index (χ1) is 11.4. The lowest BCUT2D eigenvalue weighted by Crippen LogP contribution is -2.30. The summed E-state index contributed by atoms with van der Waals surface area (Å²) in [5, 5.41) is 6.73. The van der Waals surface area contributed by atoms with Crippen molar-refractivity contribution in [3.8, 4) is 5.75 Å². The molecule has 24 heavy (non-hydrogen) atoms. The van der Waals surface area contributed by atoms with E-state index in [0.717, 1.165) is 0 Å². The Kier molecular flexibility index (Phi) is 5.81. The molecule has 1 heterocycles. The number of carbonyl (C=O) groups excluding carboxylic acids is 2. The third kappa shape index (κ3) is 4.26. The zero-order valence-corrected chi connectivity index (χ0v) is 14.2. The quantitative estimate of drug-likeness (QED) is 0.803. The monoisotopic (exact) mass is 352 g/mol. The molecule has 2 aromatic rings. The van der Waals surface area contributed by atoms with Crippen LogP contribution in [0.3, 0.4) is 0 Å². The van der Waals surface area contributed by atoms with Gasteiger partial charge in [-0.3, -0.25) is 10.1 Å². The molecule has 2 rings (SSSR count). The molecule has 128 valence electrons. The number of benzene rings is 1. The van der Waals surface area contributed by atoms with E-state index in [0.29, 0.717) is 16.5 Å². The number of anilines is 1. The van der Waals surface area contributed by atoms with Gasteiger partial charge in [-0.2, -0.15) is 0 Å². The summed E-state index contributed by atoms with van der Waals surface area (Å²) in [6.45, 7) is 5.03. The van der Waals surface area contributed by atoms with Gasteiger partial charge in [0.2, 0.25) is 5.88 Å². The highest BCUT2D eigenvalue weighted by Crippen LogP contribution is 2.21. The Morgan fingerprint density at radius 3 is 2.62 bits per heavy atom. The Bertz CT molecular complexity index is 727. The second-order valence-corrected chi connectivity index (χ2v) is 5.33. The summed E-state index contributed by atoms with van der Waals surface area (Å²) in [7, 11) is 0. The van der Waals surface area contributed by atoms with E-state index in [9.17, 15) is 9.59 Å². The molecule has 0 spiro atoms. The van der Waals surface area contributed by atoms with Crippen molar-refractivity contribution in [1.29, 1.82) is 0 Å². The average Bonchev–Trinajstić information content (AvgIpc) is 2.90. The van der Waals surface area contributed by atoms with Gasteiger partial charge in [-0.25, -0.2) is 4.79 Å². The van der Waals surface area contributed by atoms with Crippen molar-refractivity contribution in [2.24, 2.45) is 0 Å². The molecular weight excluding hydrogens is 336 g/mol. The van der Waals surface area contributed by atoms with E-state index in [1.54, 1.807) is 45.0 Å². The van der Waals surface area contributed by atoms with Gasteiger partial charge < -0.3 is 14.0 Å². The minimum Gasteiger partial charge on any atom is -0.481 e. The fourth-order valence-electron chi connectivity index (χ4n) is 1.88. The van der Waals surface area contributed by atoms with Crippen LogP contribution in [0.2, 0.25) is 5.02 Å². The van der Waals surface area contributed by atoms with E-state index >= 15 is 0 Å². The number of aryl methyl sites for hydroxylation is 1. The number of esters is 1. The van der Waals surface area contributed by atoms with Crippen LogP contribution >= 0.6 is 11.6 Å². The molecule has 1 amide bonds. The SMILES string of the molecule is CCOC(=O)c1c(C)noc1NC(=O)C(C)Oc1ccc(Cl)cc1. The fourth-order valence-corrected chi connectivity index (χ4v) is 2.01. The second-order valence-electron chi connectivity index (χ2n) is 4.90. The first kappa shape index (κ1) is 17.8. The largest absolute Gasteiger partial charge is 0.481 e. The summed E-state index contributed by atoms with van der Waals surface area (Å²) >= 11 is 5.80. The molecule has 0 aliphatic heterocycles. The molecule has 0 radical (unpaired) electrons. The van der Waals surface area contributed by atoms with Gasteiger partial charge >= 0.3 is 5.97 Å². The highest BCUT2D eigenvalue weighted by Gasteiger charge is 2.25. The molecule has 1 aromatic carbocycles. The van der Waals surface area contributed by atoms with Crippen molar-refractivity contribution in [3.05, 3.63) is 40.5 Å². The number of hydrogen-bond donors (Lipinski definition) is 1. The predicted molar refractivity (Wildman–Crippen MR) is 87.4 cm³/mol. The van der Waals surface area contributed by atoms with Gasteiger partial charge in [0.1, 0.15) is 11.3 Å². The van der Waals surface area contributed by atoms with Crippen molar-refractivity contribution >= 4 is 29.4 Å². The minimum absolute atomic E-state index is 0.0671. The Hall–Kier alpha value is -2.54. The molecule has 1 aromatic heterocycles. The van der Waals surface area contributed by atoms with Crippen LogP contribution in [-0.2, 0) is 9.53 Å². The van der Waals surface area contributed by atoms with E-state index in [-0.39, 0.29) is 18.1 Å². The highest BCUT2D eigenvalue weighted by molar-refractivity contribution is 6.30. The lowest BCUT2D eigenvalue weighted by Gasteiger charge is -2.14. The van der Waals surface area contributed by atoms with E-state index < -0.39 is 18.0 Å². The van der Waals surface area contributed by atoms with E-state index in [1.165, 1.54) is 0 Å². The number of rotatable bonds is 6. The summed E-state index contributed by atoms with van der Waals surface area (Å²) in [5.41, 5.74) is 0.416. The first-order valence-corrected chi connectivity index (χ1v) is 7.66. The van der Waals surface area contributed by atoms with Gasteiger partial charge in [-0.15, -0.1) is 0 Å². The van der Waals surface area contributed by atoms with Gasteiger partial charge in [0.25, 0.3) is 5.91 Å². The summed E-state index contributed by atoms with van der Waals surface area (Å²) < 4.78 is 15.4. The van der Waals surface area contributed by atoms with Crippen LogP contribution in [0.5, 0.6) is 5.75 Å². The van der Waals surface area contributed by atoms with Crippen molar-refractivity contribution in [2.75, 3.05) is 11.9 Å². The van der Waals surface area contributed by atoms with Gasteiger partial charge in [-0.1, -0.05) is 16.8 Å². The lowest BCUT2D eigenvalue weighted by molar-refractivity contribution is -0.122. The van der Waals surface area contributed by atoms with E-state index in [4.69, 9.17) is 25.6 Å². The van der Waals surface area contributed by atoms with Crippen LogP contribution < -0.4 is 10.1 Å². The standard InChI is InChI=1S/C16H17ClN2O5/c1-4-22-16(21)13-9(2)19-24-15(13)18-14(20)10(3)23-12-7-5-11(17)6-8-12/h5-8,10H,4H2,1-3H3,(H,18,20). The van der Waals surface area contributed by atoms with Gasteiger partial charge in [0.15, 0.2) is 6.10 Å². The Morgan fingerprint density at radius 2 is 2.00 bits per heavy atom. The van der Waals surface area contributed by atoms with Crippen molar-refractivity contribution in [1.82, 2.24) is 5.16 Å². The maximum absolute atomic E-state index is 12.2. The van der Waals surface area contributed by atoms with Crippen LogP contribution in [0.1, 0.15) is 29.9 Å². The van der Waals surface area contributed by atoms with Crippen molar-refractivity contribution < 1.29 is 23.6 Å². The molecule has 0 saturated carbocycles. The molecule has 0 aliphatic rings. The molecule has 1 unspecified atom stereocenters. The summed E-state index contributed by atoms with van der Waals surface area (Å²) in [6.07, 6.45) is -0.827. The molecule has 1 atom stereocenters. The van der Waals surface area contributed by atoms with Crippen molar-refractivity contribution in [3.63, 3.8) is 0 Å². The number of aromatic nitrogens is 1. The number of amides is 1. The third-order valence-electron chi connectivity index (χ3n) is 3.07. The van der Waals surface area contributed by atoms with Crippen LogP contribution in [0.25, 0.3) is 0 Å². The van der Waals surface area contributed by atoms with Gasteiger partial charge in [0.05, 0.1) is 12.3 Å². The summed E-state index contributed by atoms with van der Waals surface area (Å²) in [5.74, 6) is -0.687. The smallest absolute Gasteiger partial charge is 0.345 e. The first-order valence-electron chi connectivity index (χ1n) is 7.28. The van der Waals surface area contributed by atoms with E-state index in [2.05, 4.69) is 10.5 Å². The van der Waals surface area contributed by atoms with Gasteiger partial charge in [0, 0.05) is 5.02 Å². The molecule has 0 bridgehead atoms. The molecule has 0 saturated heterocycles. The molecule has 1 N–H and O–H groups in total. The second kappa shape index (κ2) is 7.83. The zero-order valence-electron chi connectivity index (χ0n) is 13.5. The summed E-state index contributed by atoms with van der Waals surface area (Å²) in [6, 6.07) is 6.60. The van der Waals surface area contributed by atoms with Crippen LogP contribution in [0.4, 0.5) is 5.88 Å². The Balaban J connectivity index is 2.06. The predicted octanol–water partition coefficient (Wildman–Crippen LogP) is 3.22. The topological polar surface area (TPSA) is 90.7 Å². The highest BCUT2D eigenvalue weighted by atomic mass is 35.5. The molecule has 8 heteroatoms. The average molecular weight is 353 g/mol. The minimum atomic E-state index is -0.827. The Morgan fingerprint density at radius 1 is 1.33 bits per heavy atom. The molecule has 0 fully saturated rings. The molecule has 0 aliphatic carbocycles. The number of halogens is 1. The number of ether oxygens (including phenoxy) is 2. The number of nitrogens with zero attached hydrogens (tertiary/aromatic N) is 1. The maximum Gasteiger partial charge on any atom is 0.345 e. The van der Waals surface area contributed by atoms with Crippen molar-refractivity contribution in [2.45, 2.75) is 26.9 Å². The summed E-state index contributed by atoms with van der Waals surface area (Å²) in [4.78, 5) is 24.1. The van der Waals surface area contributed by atoms with Crippen LogP contribution in [-0.4, -0.2) is 29.7 Å². The lowest BCUT2D eigenvalue weighted by atomic mass is 10.2. The van der Waals surface area contributed by atoms with Crippen LogP contribution in [0, 0.1) is 6.92 Å². The third-order valence-corrected chi connectivity index (χ3v) is 3.33. The van der Waals surface area contributed by atoms with Crippen LogP contribution in [0.15, 0.2) is 28.8 Å².